The van der Waals surface area contributed by atoms with Gasteiger partial charge in [0.2, 0.25) is 11.8 Å². The van der Waals surface area contributed by atoms with Crippen molar-refractivity contribution in [1.29, 1.82) is 0 Å². The maximum atomic E-state index is 13.4. The number of halogens is 3. The Kier molecular flexibility index (Phi) is 6.59. The van der Waals surface area contributed by atoms with Crippen LogP contribution in [0.5, 0.6) is 0 Å². The zero-order valence-corrected chi connectivity index (χ0v) is 18.3. The topological polar surface area (TPSA) is 82.6 Å². The highest BCUT2D eigenvalue weighted by atomic mass is 32.2. The number of hydrogen-bond acceptors (Lipinski definition) is 6. The summed E-state index contributed by atoms with van der Waals surface area (Å²) in [6.45, 7) is 0.702. The van der Waals surface area contributed by atoms with Crippen LogP contribution in [-0.4, -0.2) is 45.8 Å². The summed E-state index contributed by atoms with van der Waals surface area (Å²) in [4.78, 5) is 42.9. The molecule has 2 aliphatic heterocycles. The van der Waals surface area contributed by atoms with E-state index < -0.39 is 17.7 Å². The van der Waals surface area contributed by atoms with Crippen LogP contribution in [0.4, 0.5) is 29.5 Å². The number of imide groups is 1. The Morgan fingerprint density at radius 3 is 2.61 bits per heavy atom. The first-order valence-electron chi connectivity index (χ1n) is 10.4. The maximum Gasteiger partial charge on any atom is 0.419 e. The number of piperidine rings is 1. The molecule has 2 aromatic rings. The highest BCUT2D eigenvalue weighted by Gasteiger charge is 2.37. The van der Waals surface area contributed by atoms with Crippen LogP contribution in [0.15, 0.2) is 42.6 Å². The summed E-state index contributed by atoms with van der Waals surface area (Å²) in [7, 11) is 0. The van der Waals surface area contributed by atoms with Crippen LogP contribution in [0.3, 0.4) is 0 Å². The van der Waals surface area contributed by atoms with E-state index in [1.165, 1.54) is 22.1 Å². The number of pyridine rings is 1. The van der Waals surface area contributed by atoms with Gasteiger partial charge < -0.3 is 10.2 Å². The van der Waals surface area contributed by atoms with Gasteiger partial charge in [-0.1, -0.05) is 23.9 Å². The molecule has 0 bridgehead atoms. The number of amides is 3. The molecule has 1 N–H and O–H groups in total. The lowest BCUT2D eigenvalue weighted by molar-refractivity contribution is -0.137. The molecule has 0 spiro atoms. The van der Waals surface area contributed by atoms with Crippen LogP contribution in [0.2, 0.25) is 0 Å². The van der Waals surface area contributed by atoms with Gasteiger partial charge >= 0.3 is 6.18 Å². The van der Waals surface area contributed by atoms with E-state index in [-0.39, 0.29) is 41.7 Å². The summed E-state index contributed by atoms with van der Waals surface area (Å²) in [5, 5.41) is 2.53. The predicted molar refractivity (Wildman–Crippen MR) is 118 cm³/mol. The number of alkyl halides is 3. The van der Waals surface area contributed by atoms with Gasteiger partial charge in [0, 0.05) is 25.0 Å². The normalized spacial score (nSPS) is 19.2. The van der Waals surface area contributed by atoms with Gasteiger partial charge in [0.25, 0.3) is 5.24 Å². The Morgan fingerprint density at radius 2 is 1.94 bits per heavy atom. The van der Waals surface area contributed by atoms with E-state index in [0.717, 1.165) is 23.4 Å². The molecule has 7 nitrogen and oxygen atoms in total. The molecule has 3 amide bonds. The molecule has 0 saturated carbocycles. The van der Waals surface area contributed by atoms with Crippen molar-refractivity contribution < 1.29 is 27.6 Å². The summed E-state index contributed by atoms with van der Waals surface area (Å²) in [5.41, 5.74) is 0.467. The minimum absolute atomic E-state index is 0.140. The highest BCUT2D eigenvalue weighted by molar-refractivity contribution is 8.14. The number of thioether (sulfide) groups is 1. The fraction of sp³-hybridized carbons (Fsp3) is 0.364. The third-order valence-electron chi connectivity index (χ3n) is 5.59. The first kappa shape index (κ1) is 23.1. The minimum Gasteiger partial charge on any atom is -0.355 e. The molecule has 0 radical (unpaired) electrons. The SMILES string of the molecule is O=C(Nc1ccc(CN2C(=O)CSC2=O)cc1)C1CCCN(c2ncccc2C(F)(F)F)C1. The van der Waals surface area contributed by atoms with Crippen molar-refractivity contribution >= 4 is 40.3 Å². The van der Waals surface area contributed by atoms with Gasteiger partial charge in [0.15, 0.2) is 0 Å². The molecule has 11 heteroatoms. The third-order valence-corrected chi connectivity index (χ3v) is 6.45. The predicted octanol–water partition coefficient (Wildman–Crippen LogP) is 4.15. The highest BCUT2D eigenvalue weighted by Crippen LogP contribution is 2.36. The van der Waals surface area contributed by atoms with E-state index in [0.29, 0.717) is 25.1 Å². The Bertz CT molecular complexity index is 1050. The van der Waals surface area contributed by atoms with Crippen molar-refractivity contribution in [3.8, 4) is 0 Å². The summed E-state index contributed by atoms with van der Waals surface area (Å²) in [6, 6.07) is 9.03. The monoisotopic (exact) mass is 478 g/mol. The summed E-state index contributed by atoms with van der Waals surface area (Å²) in [6.07, 6.45) is -2.08. The molecular formula is C22H21F3N4O3S. The number of carbonyl (C=O) groups excluding carboxylic acids is 3. The molecule has 2 saturated heterocycles. The van der Waals surface area contributed by atoms with E-state index in [4.69, 9.17) is 0 Å². The number of rotatable bonds is 5. The number of nitrogens with one attached hydrogen (secondary N) is 1. The maximum absolute atomic E-state index is 13.4. The van der Waals surface area contributed by atoms with Crippen molar-refractivity contribution in [2.24, 2.45) is 5.92 Å². The largest absolute Gasteiger partial charge is 0.419 e. The van der Waals surface area contributed by atoms with Gasteiger partial charge in [0.1, 0.15) is 5.82 Å². The molecule has 4 rings (SSSR count). The number of benzene rings is 1. The lowest BCUT2D eigenvalue weighted by atomic mass is 9.96. The molecule has 2 fully saturated rings. The van der Waals surface area contributed by atoms with E-state index in [1.807, 2.05) is 0 Å². The molecule has 0 aliphatic carbocycles. The van der Waals surface area contributed by atoms with Crippen LogP contribution < -0.4 is 10.2 Å². The van der Waals surface area contributed by atoms with Crippen LogP contribution in [-0.2, 0) is 22.3 Å². The Balaban J connectivity index is 1.39. The lowest BCUT2D eigenvalue weighted by Gasteiger charge is -2.34. The first-order valence-corrected chi connectivity index (χ1v) is 11.3. The number of carbonyl (C=O) groups is 3. The van der Waals surface area contributed by atoms with Crippen molar-refractivity contribution in [3.63, 3.8) is 0 Å². The van der Waals surface area contributed by atoms with E-state index >= 15 is 0 Å². The van der Waals surface area contributed by atoms with Crippen molar-refractivity contribution in [1.82, 2.24) is 9.88 Å². The van der Waals surface area contributed by atoms with E-state index in [2.05, 4.69) is 10.3 Å². The first-order chi connectivity index (χ1) is 15.7. The second kappa shape index (κ2) is 9.42. The number of hydrogen-bond donors (Lipinski definition) is 1. The average Bonchev–Trinajstić information content (AvgIpc) is 3.12. The standard InChI is InChI=1S/C22H21F3N4O3S/c23-22(24,25)17-4-1-9-26-19(17)28-10-2-3-15(12-28)20(31)27-16-7-5-14(6-8-16)11-29-18(30)13-33-21(29)32/h1,4-9,15H,2-3,10-13H2,(H,27,31). The van der Waals surface area contributed by atoms with Crippen LogP contribution in [0.1, 0.15) is 24.0 Å². The second-order valence-electron chi connectivity index (χ2n) is 7.88. The number of aromatic nitrogens is 1. The molecule has 33 heavy (non-hydrogen) atoms. The van der Waals surface area contributed by atoms with Crippen molar-refractivity contribution in [2.75, 3.05) is 29.1 Å². The van der Waals surface area contributed by atoms with Gasteiger partial charge in [-0.15, -0.1) is 0 Å². The molecule has 1 aromatic carbocycles. The molecule has 1 unspecified atom stereocenters. The zero-order chi connectivity index (χ0) is 23.6. The molecular weight excluding hydrogens is 457 g/mol. The van der Waals surface area contributed by atoms with Crippen LogP contribution in [0.25, 0.3) is 0 Å². The van der Waals surface area contributed by atoms with Gasteiger partial charge in [-0.3, -0.25) is 19.3 Å². The molecule has 1 aromatic heterocycles. The number of nitrogens with zero attached hydrogens (tertiary/aromatic N) is 3. The lowest BCUT2D eigenvalue weighted by Crippen LogP contribution is -2.42. The van der Waals surface area contributed by atoms with Gasteiger partial charge in [-0.05, 0) is 42.7 Å². The fourth-order valence-corrected chi connectivity index (χ4v) is 4.63. The van der Waals surface area contributed by atoms with Gasteiger partial charge in [-0.25, -0.2) is 4.98 Å². The smallest absolute Gasteiger partial charge is 0.355 e. The molecule has 174 valence electrons. The Labute approximate surface area is 192 Å². The summed E-state index contributed by atoms with van der Waals surface area (Å²) >= 11 is 0.970. The van der Waals surface area contributed by atoms with Crippen LogP contribution in [0, 0.1) is 5.92 Å². The molecule has 2 aliphatic rings. The minimum atomic E-state index is -4.52. The van der Waals surface area contributed by atoms with Gasteiger partial charge in [-0.2, -0.15) is 13.2 Å². The van der Waals surface area contributed by atoms with Crippen molar-refractivity contribution in [3.05, 3.63) is 53.7 Å². The van der Waals surface area contributed by atoms with Crippen LogP contribution >= 0.6 is 11.8 Å². The Hall–Kier alpha value is -3.08. The van der Waals surface area contributed by atoms with Gasteiger partial charge in [0.05, 0.1) is 23.8 Å². The van der Waals surface area contributed by atoms with E-state index in [9.17, 15) is 27.6 Å². The zero-order valence-electron chi connectivity index (χ0n) is 17.5. The van der Waals surface area contributed by atoms with Crippen molar-refractivity contribution in [2.45, 2.75) is 25.6 Å². The summed E-state index contributed by atoms with van der Waals surface area (Å²) < 4.78 is 40.1. The molecule has 1 atom stereocenters. The quantitative estimate of drug-likeness (QED) is 0.695. The Morgan fingerprint density at radius 1 is 1.18 bits per heavy atom. The number of anilines is 2. The molecule has 3 heterocycles. The average molecular weight is 478 g/mol. The second-order valence-corrected chi connectivity index (χ2v) is 8.80. The van der Waals surface area contributed by atoms with E-state index in [1.54, 1.807) is 24.3 Å². The third kappa shape index (κ3) is 5.29. The summed E-state index contributed by atoms with van der Waals surface area (Å²) in [5.74, 6) is -1.01. The fourth-order valence-electron chi connectivity index (χ4n) is 3.91.